The molecule has 0 amide bonds. The molecule has 0 saturated heterocycles. The smallest absolute Gasteiger partial charge is 0.230 e. The maximum absolute atomic E-state index is 2.43. The Bertz CT molecular complexity index is 856. The van der Waals surface area contributed by atoms with Crippen molar-refractivity contribution in [2.24, 2.45) is 0 Å². The first-order valence-electron chi connectivity index (χ1n) is 7.96. The average molecular weight is 289 g/mol. The van der Waals surface area contributed by atoms with Crippen LogP contribution in [0.2, 0.25) is 0 Å². The number of hydrogen-bond donors (Lipinski definition) is 0. The second-order valence-electron chi connectivity index (χ2n) is 6.42. The molecule has 22 heavy (non-hydrogen) atoms. The Morgan fingerprint density at radius 2 is 1.82 bits per heavy atom. The number of pyridine rings is 1. The van der Waals surface area contributed by atoms with E-state index in [1.165, 1.54) is 33.9 Å². The van der Waals surface area contributed by atoms with Crippen molar-refractivity contribution in [1.82, 2.24) is 4.57 Å². The molecular weight excluding hydrogens is 268 g/mol. The molecule has 1 aliphatic rings. The van der Waals surface area contributed by atoms with E-state index in [-0.39, 0.29) is 0 Å². The van der Waals surface area contributed by atoms with Crippen LogP contribution in [0, 0.1) is 6.92 Å². The van der Waals surface area contributed by atoms with Gasteiger partial charge < -0.3 is 4.57 Å². The van der Waals surface area contributed by atoms with Gasteiger partial charge in [0.25, 0.3) is 0 Å². The number of rotatable bonds is 2. The molecule has 2 heteroatoms. The molecular formula is C20H21N2+. The van der Waals surface area contributed by atoms with Crippen molar-refractivity contribution < 1.29 is 4.57 Å². The van der Waals surface area contributed by atoms with Gasteiger partial charge in [-0.25, -0.2) is 0 Å². The molecule has 110 valence electrons. The van der Waals surface area contributed by atoms with Crippen molar-refractivity contribution in [3.05, 3.63) is 71.5 Å². The second kappa shape index (κ2) is 4.84. The first kappa shape index (κ1) is 13.3. The molecule has 2 aromatic heterocycles. The zero-order valence-electron chi connectivity index (χ0n) is 13.4. The number of benzene rings is 1. The highest BCUT2D eigenvalue weighted by Gasteiger charge is 2.31. The van der Waals surface area contributed by atoms with E-state index in [0.29, 0.717) is 5.92 Å². The Kier molecular flexibility index (Phi) is 2.93. The molecule has 4 rings (SSSR count). The molecule has 2 nitrogen and oxygen atoms in total. The molecule has 0 aliphatic carbocycles. The fourth-order valence-electron chi connectivity index (χ4n) is 3.61. The topological polar surface area (TPSA) is 8.81 Å². The van der Waals surface area contributed by atoms with Gasteiger partial charge in [-0.05, 0) is 36.6 Å². The molecule has 1 aliphatic heterocycles. The van der Waals surface area contributed by atoms with Gasteiger partial charge in [0.1, 0.15) is 5.69 Å². The molecule has 0 spiro atoms. The van der Waals surface area contributed by atoms with Gasteiger partial charge >= 0.3 is 0 Å². The van der Waals surface area contributed by atoms with Crippen molar-refractivity contribution in [1.29, 1.82) is 0 Å². The molecule has 0 saturated carbocycles. The van der Waals surface area contributed by atoms with Gasteiger partial charge in [-0.1, -0.05) is 32.0 Å². The number of aromatic nitrogens is 2. The SMILES string of the molecule is Cc1cc2c(n1-c1ccccc1C(C)C)-c1cccc[n+]1C2. The zero-order chi connectivity index (χ0) is 15.3. The third kappa shape index (κ3) is 1.83. The van der Waals surface area contributed by atoms with E-state index < -0.39 is 0 Å². The van der Waals surface area contributed by atoms with Crippen molar-refractivity contribution >= 4 is 0 Å². The number of nitrogens with zero attached hydrogens (tertiary/aromatic N) is 2. The lowest BCUT2D eigenvalue weighted by Crippen LogP contribution is -2.31. The zero-order valence-corrected chi connectivity index (χ0v) is 13.4. The van der Waals surface area contributed by atoms with E-state index in [2.05, 4.69) is 84.6 Å². The summed E-state index contributed by atoms with van der Waals surface area (Å²) >= 11 is 0. The van der Waals surface area contributed by atoms with Gasteiger partial charge in [-0.15, -0.1) is 0 Å². The van der Waals surface area contributed by atoms with Gasteiger partial charge in [-0.3, -0.25) is 0 Å². The number of para-hydroxylation sites is 1. The van der Waals surface area contributed by atoms with E-state index in [1.54, 1.807) is 0 Å². The predicted molar refractivity (Wildman–Crippen MR) is 89.3 cm³/mol. The molecule has 0 N–H and O–H groups in total. The van der Waals surface area contributed by atoms with Crippen LogP contribution in [0.3, 0.4) is 0 Å². The quantitative estimate of drug-likeness (QED) is 0.488. The monoisotopic (exact) mass is 289 g/mol. The van der Waals surface area contributed by atoms with Gasteiger partial charge in [0.05, 0.1) is 0 Å². The fraction of sp³-hybridized carbons (Fsp3) is 0.250. The summed E-state index contributed by atoms with van der Waals surface area (Å²) in [6.45, 7) is 7.72. The number of fused-ring (bicyclic) bond motifs is 3. The highest BCUT2D eigenvalue weighted by molar-refractivity contribution is 5.66. The molecule has 0 bridgehead atoms. The minimum atomic E-state index is 0.512. The van der Waals surface area contributed by atoms with Crippen LogP contribution in [0.4, 0.5) is 0 Å². The Labute approximate surface area is 131 Å². The lowest BCUT2D eigenvalue weighted by Gasteiger charge is -2.16. The van der Waals surface area contributed by atoms with E-state index in [4.69, 9.17) is 0 Å². The molecule has 0 atom stereocenters. The van der Waals surface area contributed by atoms with Crippen LogP contribution in [0.15, 0.2) is 54.7 Å². The highest BCUT2D eigenvalue weighted by atomic mass is 15.1. The lowest BCUT2D eigenvalue weighted by molar-refractivity contribution is -0.672. The third-order valence-electron chi connectivity index (χ3n) is 4.59. The Morgan fingerprint density at radius 3 is 2.64 bits per heavy atom. The average Bonchev–Trinajstić information content (AvgIpc) is 3.01. The standard InChI is InChI=1S/C20H21N2/c1-14(2)17-8-4-5-9-18(17)22-15(3)12-16-13-21-11-7-6-10-19(21)20(16)22/h4-12,14H,13H2,1-3H3/q+1. The van der Waals surface area contributed by atoms with E-state index in [1.807, 2.05) is 0 Å². The molecule has 0 unspecified atom stereocenters. The second-order valence-corrected chi connectivity index (χ2v) is 6.42. The predicted octanol–water partition coefficient (Wildman–Crippen LogP) is 4.23. The van der Waals surface area contributed by atoms with E-state index in [0.717, 1.165) is 6.54 Å². The van der Waals surface area contributed by atoms with Crippen molar-refractivity contribution in [3.8, 4) is 17.1 Å². The van der Waals surface area contributed by atoms with Crippen molar-refractivity contribution in [2.75, 3.05) is 0 Å². The molecule has 3 heterocycles. The number of aryl methyl sites for hydroxylation is 1. The molecule has 0 radical (unpaired) electrons. The van der Waals surface area contributed by atoms with Crippen LogP contribution in [-0.4, -0.2) is 4.57 Å². The first-order chi connectivity index (χ1) is 10.7. The summed E-state index contributed by atoms with van der Waals surface area (Å²) in [7, 11) is 0. The van der Waals surface area contributed by atoms with Crippen molar-refractivity contribution in [3.63, 3.8) is 0 Å². The van der Waals surface area contributed by atoms with Crippen LogP contribution in [0.5, 0.6) is 0 Å². The van der Waals surface area contributed by atoms with E-state index in [9.17, 15) is 0 Å². The minimum absolute atomic E-state index is 0.512. The van der Waals surface area contributed by atoms with Gasteiger partial charge in [-0.2, -0.15) is 4.57 Å². The summed E-state index contributed by atoms with van der Waals surface area (Å²) in [4.78, 5) is 0. The summed E-state index contributed by atoms with van der Waals surface area (Å²) in [5.74, 6) is 0.512. The summed E-state index contributed by atoms with van der Waals surface area (Å²) < 4.78 is 4.77. The van der Waals surface area contributed by atoms with Crippen LogP contribution in [0.1, 0.15) is 36.6 Å². The summed E-state index contributed by atoms with van der Waals surface area (Å²) in [5.41, 5.74) is 8.11. The third-order valence-corrected chi connectivity index (χ3v) is 4.59. The maximum Gasteiger partial charge on any atom is 0.230 e. The van der Waals surface area contributed by atoms with Crippen molar-refractivity contribution in [2.45, 2.75) is 33.2 Å². The van der Waals surface area contributed by atoms with E-state index >= 15 is 0 Å². The first-order valence-corrected chi connectivity index (χ1v) is 7.96. The Hall–Kier alpha value is -2.35. The minimum Gasteiger partial charge on any atom is -0.308 e. The summed E-state index contributed by atoms with van der Waals surface area (Å²) in [6, 6.07) is 17.6. The normalized spacial score (nSPS) is 12.5. The highest BCUT2D eigenvalue weighted by Crippen LogP contribution is 2.35. The Morgan fingerprint density at radius 1 is 1.05 bits per heavy atom. The van der Waals surface area contributed by atoms with Crippen LogP contribution >= 0.6 is 0 Å². The van der Waals surface area contributed by atoms with Crippen LogP contribution in [-0.2, 0) is 6.54 Å². The largest absolute Gasteiger partial charge is 0.308 e. The summed E-state index contributed by atoms with van der Waals surface area (Å²) in [5, 5.41) is 0. The molecule has 0 fully saturated rings. The maximum atomic E-state index is 2.43. The molecule has 3 aromatic rings. The van der Waals surface area contributed by atoms with Gasteiger partial charge in [0.2, 0.25) is 5.69 Å². The van der Waals surface area contributed by atoms with Crippen LogP contribution < -0.4 is 4.57 Å². The lowest BCUT2D eigenvalue weighted by atomic mass is 10.0. The van der Waals surface area contributed by atoms with Crippen LogP contribution in [0.25, 0.3) is 17.1 Å². The van der Waals surface area contributed by atoms with Gasteiger partial charge in [0, 0.05) is 29.1 Å². The summed E-state index contributed by atoms with van der Waals surface area (Å²) in [6.07, 6.45) is 2.17. The van der Waals surface area contributed by atoms with Gasteiger partial charge in [0.15, 0.2) is 12.7 Å². The molecule has 1 aromatic carbocycles. The Balaban J connectivity index is 2.01. The number of hydrogen-bond acceptors (Lipinski definition) is 0. The fourth-order valence-corrected chi connectivity index (χ4v) is 3.61.